The fourth-order valence-electron chi connectivity index (χ4n) is 1.21. The molecule has 0 heterocycles. The lowest BCUT2D eigenvalue weighted by Crippen LogP contribution is -2.07. The van der Waals surface area contributed by atoms with Gasteiger partial charge in [0.25, 0.3) is 0 Å². The van der Waals surface area contributed by atoms with Crippen LogP contribution in [0.4, 0.5) is 5.69 Å². The van der Waals surface area contributed by atoms with Gasteiger partial charge < -0.3 is 14.8 Å². The number of anilines is 1. The van der Waals surface area contributed by atoms with Crippen molar-refractivity contribution < 1.29 is 14.3 Å². The highest BCUT2D eigenvalue weighted by Gasteiger charge is 2.03. The molecule has 1 amide bonds. The predicted molar refractivity (Wildman–Crippen MR) is 63.0 cm³/mol. The Kier molecular flexibility index (Phi) is 4.39. The summed E-state index contributed by atoms with van der Waals surface area (Å²) in [6.07, 6.45) is 3.12. The van der Waals surface area contributed by atoms with Crippen LogP contribution in [-0.2, 0) is 4.79 Å². The van der Waals surface area contributed by atoms with E-state index in [4.69, 9.17) is 9.47 Å². The fraction of sp³-hybridized carbons (Fsp3) is 0.250. The van der Waals surface area contributed by atoms with Crippen molar-refractivity contribution in [3.63, 3.8) is 0 Å². The molecule has 1 N–H and O–H groups in total. The monoisotopic (exact) mass is 221 g/mol. The van der Waals surface area contributed by atoms with Crippen LogP contribution in [0.3, 0.4) is 0 Å². The lowest BCUT2D eigenvalue weighted by molar-refractivity contribution is -0.111. The molecule has 0 bridgehead atoms. The largest absolute Gasteiger partial charge is 0.497 e. The van der Waals surface area contributed by atoms with Crippen molar-refractivity contribution in [1.29, 1.82) is 0 Å². The Morgan fingerprint density at radius 2 is 1.75 bits per heavy atom. The molecule has 1 aromatic rings. The number of allylic oxidation sites excluding steroid dienone is 1. The molecular formula is C12H15NO3. The number of methoxy groups -OCH3 is 2. The summed E-state index contributed by atoms with van der Waals surface area (Å²) in [7, 11) is 3.12. The molecule has 0 spiro atoms. The normalized spacial score (nSPS) is 10.2. The number of nitrogens with one attached hydrogen (secondary N) is 1. The average Bonchev–Trinajstić information content (AvgIpc) is 2.28. The molecule has 0 saturated carbocycles. The van der Waals surface area contributed by atoms with Gasteiger partial charge in [-0.25, -0.2) is 0 Å². The Labute approximate surface area is 94.9 Å². The number of hydrogen-bond donors (Lipinski definition) is 1. The van der Waals surface area contributed by atoms with E-state index in [0.29, 0.717) is 17.2 Å². The highest BCUT2D eigenvalue weighted by Crippen LogP contribution is 2.25. The van der Waals surface area contributed by atoms with Crippen molar-refractivity contribution in [1.82, 2.24) is 0 Å². The third-order valence-electron chi connectivity index (χ3n) is 1.94. The first-order chi connectivity index (χ1) is 7.69. The van der Waals surface area contributed by atoms with Crippen molar-refractivity contribution in [3.05, 3.63) is 30.4 Å². The molecule has 1 aromatic carbocycles. The molecular weight excluding hydrogens is 206 g/mol. The van der Waals surface area contributed by atoms with Gasteiger partial charge in [0.05, 0.1) is 14.2 Å². The number of carbonyl (C=O) groups excluding carboxylic acids is 1. The molecule has 16 heavy (non-hydrogen) atoms. The lowest BCUT2D eigenvalue weighted by atomic mass is 10.2. The predicted octanol–water partition coefficient (Wildman–Crippen LogP) is 2.22. The maximum absolute atomic E-state index is 11.3. The van der Waals surface area contributed by atoms with Crippen LogP contribution in [0, 0.1) is 0 Å². The summed E-state index contributed by atoms with van der Waals surface area (Å²) in [5, 5.41) is 2.71. The molecule has 0 aliphatic carbocycles. The molecule has 86 valence electrons. The summed E-state index contributed by atoms with van der Waals surface area (Å²) in [5.74, 6) is 1.09. The summed E-state index contributed by atoms with van der Waals surface area (Å²) in [6, 6.07) is 5.19. The second kappa shape index (κ2) is 5.80. The van der Waals surface area contributed by atoms with E-state index in [9.17, 15) is 4.79 Å². The summed E-state index contributed by atoms with van der Waals surface area (Å²) < 4.78 is 10.2. The highest BCUT2D eigenvalue weighted by molar-refractivity contribution is 5.99. The Morgan fingerprint density at radius 1 is 1.19 bits per heavy atom. The van der Waals surface area contributed by atoms with Crippen LogP contribution >= 0.6 is 0 Å². The topological polar surface area (TPSA) is 47.6 Å². The molecule has 0 fully saturated rings. The van der Waals surface area contributed by atoms with E-state index in [1.165, 1.54) is 6.08 Å². The van der Waals surface area contributed by atoms with E-state index in [1.54, 1.807) is 45.4 Å². The van der Waals surface area contributed by atoms with Gasteiger partial charge in [-0.1, -0.05) is 6.08 Å². The molecule has 0 saturated heterocycles. The van der Waals surface area contributed by atoms with Crippen LogP contribution in [0.5, 0.6) is 11.5 Å². The second-order valence-corrected chi connectivity index (χ2v) is 3.09. The zero-order valence-corrected chi connectivity index (χ0v) is 9.61. The van der Waals surface area contributed by atoms with E-state index in [2.05, 4.69) is 5.32 Å². The van der Waals surface area contributed by atoms with Gasteiger partial charge >= 0.3 is 0 Å². The van der Waals surface area contributed by atoms with E-state index >= 15 is 0 Å². The van der Waals surface area contributed by atoms with E-state index in [0.717, 1.165) is 0 Å². The molecule has 0 radical (unpaired) electrons. The third-order valence-corrected chi connectivity index (χ3v) is 1.94. The molecule has 0 aliphatic rings. The average molecular weight is 221 g/mol. The Morgan fingerprint density at radius 3 is 2.19 bits per heavy atom. The molecule has 0 aromatic heterocycles. The van der Waals surface area contributed by atoms with Gasteiger partial charge in [0, 0.05) is 23.9 Å². The van der Waals surface area contributed by atoms with Gasteiger partial charge in [-0.05, 0) is 13.0 Å². The molecule has 0 aliphatic heterocycles. The zero-order valence-electron chi connectivity index (χ0n) is 9.61. The third kappa shape index (κ3) is 3.31. The summed E-state index contributed by atoms with van der Waals surface area (Å²) in [5.41, 5.74) is 0.638. The SMILES string of the molecule is CC=CC(=O)Nc1cc(OC)cc(OC)c1. The van der Waals surface area contributed by atoms with Gasteiger partial charge in [-0.3, -0.25) is 4.79 Å². The number of amides is 1. The second-order valence-electron chi connectivity index (χ2n) is 3.09. The number of benzene rings is 1. The first kappa shape index (κ1) is 12.1. The fourth-order valence-corrected chi connectivity index (χ4v) is 1.21. The number of rotatable bonds is 4. The Hall–Kier alpha value is -1.97. The van der Waals surface area contributed by atoms with Crippen LogP contribution in [0.2, 0.25) is 0 Å². The zero-order chi connectivity index (χ0) is 12.0. The lowest BCUT2D eigenvalue weighted by Gasteiger charge is -2.08. The number of ether oxygens (including phenoxy) is 2. The first-order valence-corrected chi connectivity index (χ1v) is 4.86. The minimum absolute atomic E-state index is 0.183. The van der Waals surface area contributed by atoms with Crippen molar-refractivity contribution in [2.24, 2.45) is 0 Å². The van der Waals surface area contributed by atoms with Gasteiger partial charge in [0.1, 0.15) is 11.5 Å². The van der Waals surface area contributed by atoms with Gasteiger partial charge in [-0.2, -0.15) is 0 Å². The van der Waals surface area contributed by atoms with Crippen LogP contribution in [0.1, 0.15) is 6.92 Å². The van der Waals surface area contributed by atoms with Gasteiger partial charge in [0.15, 0.2) is 0 Å². The van der Waals surface area contributed by atoms with E-state index in [-0.39, 0.29) is 5.91 Å². The summed E-state index contributed by atoms with van der Waals surface area (Å²) in [6.45, 7) is 1.78. The van der Waals surface area contributed by atoms with Crippen LogP contribution in [0.25, 0.3) is 0 Å². The van der Waals surface area contributed by atoms with Crippen LogP contribution < -0.4 is 14.8 Å². The van der Waals surface area contributed by atoms with E-state index in [1.807, 2.05) is 0 Å². The summed E-state index contributed by atoms with van der Waals surface area (Å²) >= 11 is 0. The standard InChI is InChI=1S/C12H15NO3/c1-4-5-12(14)13-9-6-10(15-2)8-11(7-9)16-3/h4-8H,1-3H3,(H,13,14). The smallest absolute Gasteiger partial charge is 0.248 e. The van der Waals surface area contributed by atoms with Crippen molar-refractivity contribution in [3.8, 4) is 11.5 Å². The number of carbonyl (C=O) groups is 1. The highest BCUT2D eigenvalue weighted by atomic mass is 16.5. The van der Waals surface area contributed by atoms with Crippen molar-refractivity contribution in [2.75, 3.05) is 19.5 Å². The molecule has 0 unspecified atom stereocenters. The van der Waals surface area contributed by atoms with Crippen LogP contribution in [-0.4, -0.2) is 20.1 Å². The van der Waals surface area contributed by atoms with E-state index < -0.39 is 0 Å². The summed E-state index contributed by atoms with van der Waals surface area (Å²) in [4.78, 5) is 11.3. The van der Waals surface area contributed by atoms with Gasteiger partial charge in [0.2, 0.25) is 5.91 Å². The maximum Gasteiger partial charge on any atom is 0.248 e. The molecule has 4 nitrogen and oxygen atoms in total. The van der Waals surface area contributed by atoms with Crippen molar-refractivity contribution in [2.45, 2.75) is 6.92 Å². The van der Waals surface area contributed by atoms with Gasteiger partial charge in [-0.15, -0.1) is 0 Å². The molecule has 4 heteroatoms. The number of hydrogen-bond acceptors (Lipinski definition) is 3. The van der Waals surface area contributed by atoms with Crippen molar-refractivity contribution >= 4 is 11.6 Å². The first-order valence-electron chi connectivity index (χ1n) is 4.86. The maximum atomic E-state index is 11.3. The molecule has 1 rings (SSSR count). The minimum atomic E-state index is -0.183. The Bertz CT molecular complexity index is 377. The molecule has 0 atom stereocenters. The Balaban J connectivity index is 2.90. The minimum Gasteiger partial charge on any atom is -0.497 e. The van der Waals surface area contributed by atoms with Crippen LogP contribution in [0.15, 0.2) is 30.4 Å². The quantitative estimate of drug-likeness (QED) is 0.793.